The summed E-state index contributed by atoms with van der Waals surface area (Å²) in [6.07, 6.45) is 0. The number of carbonyl (C=O) groups excluding carboxylic acids is 1. The minimum atomic E-state index is -0.276. The van der Waals surface area contributed by atoms with Gasteiger partial charge in [0.1, 0.15) is 12.3 Å². The van der Waals surface area contributed by atoms with Crippen LogP contribution in [-0.4, -0.2) is 36.0 Å². The second kappa shape index (κ2) is 7.29. The highest BCUT2D eigenvalue weighted by Gasteiger charge is 2.16. The fraction of sp³-hybridized carbons (Fsp3) is 0.333. The van der Waals surface area contributed by atoms with Crippen LogP contribution in [0.1, 0.15) is 16.2 Å². The highest BCUT2D eigenvalue weighted by molar-refractivity contribution is 6.32. The summed E-state index contributed by atoms with van der Waals surface area (Å²) in [6.45, 7) is 2.60. The maximum absolute atomic E-state index is 12.3. The number of carbonyl (C=O) groups is 1. The largest absolute Gasteiger partial charge is 0.487 e. The molecule has 0 atom stereocenters. The number of benzene rings is 1. The fourth-order valence-electron chi connectivity index (χ4n) is 1.99. The van der Waals surface area contributed by atoms with Gasteiger partial charge in [0, 0.05) is 14.2 Å². The van der Waals surface area contributed by atoms with E-state index < -0.39 is 0 Å². The van der Waals surface area contributed by atoms with Crippen molar-refractivity contribution in [2.75, 3.05) is 25.6 Å². The van der Waals surface area contributed by atoms with Crippen molar-refractivity contribution in [3.8, 4) is 5.75 Å². The molecule has 1 aromatic heterocycles. The van der Waals surface area contributed by atoms with Crippen molar-refractivity contribution in [2.24, 2.45) is 7.05 Å². The Morgan fingerprint density at radius 1 is 1.41 bits per heavy atom. The molecule has 0 fully saturated rings. The number of para-hydroxylation sites is 1. The van der Waals surface area contributed by atoms with Gasteiger partial charge in [-0.3, -0.25) is 9.48 Å². The van der Waals surface area contributed by atoms with Crippen LogP contribution in [0, 0.1) is 6.92 Å². The van der Waals surface area contributed by atoms with E-state index in [0.29, 0.717) is 35.4 Å². The first-order valence-electron chi connectivity index (χ1n) is 6.75. The van der Waals surface area contributed by atoms with Crippen molar-refractivity contribution >= 4 is 23.2 Å². The van der Waals surface area contributed by atoms with Crippen LogP contribution in [0.25, 0.3) is 0 Å². The molecule has 0 radical (unpaired) electrons. The number of nitrogens with one attached hydrogen (secondary N) is 1. The maximum atomic E-state index is 12.3. The summed E-state index contributed by atoms with van der Waals surface area (Å²) in [5, 5.41) is 7.38. The number of aryl methyl sites for hydroxylation is 2. The van der Waals surface area contributed by atoms with Crippen LogP contribution in [0.15, 0.2) is 24.3 Å². The molecule has 0 aliphatic heterocycles. The highest BCUT2D eigenvalue weighted by atomic mass is 35.5. The number of rotatable bonds is 6. The van der Waals surface area contributed by atoms with E-state index in [1.54, 1.807) is 38.4 Å². The monoisotopic (exact) mass is 323 g/mol. The maximum Gasteiger partial charge on any atom is 0.274 e. The molecule has 0 spiro atoms. The van der Waals surface area contributed by atoms with Gasteiger partial charge in [-0.05, 0) is 25.1 Å². The Morgan fingerprint density at radius 2 is 2.18 bits per heavy atom. The fourth-order valence-corrected chi connectivity index (χ4v) is 2.22. The number of aromatic nitrogens is 2. The van der Waals surface area contributed by atoms with Crippen molar-refractivity contribution in [2.45, 2.75) is 6.92 Å². The lowest BCUT2D eigenvalue weighted by atomic mass is 10.2. The average molecular weight is 324 g/mol. The molecule has 1 N–H and O–H groups in total. The van der Waals surface area contributed by atoms with E-state index in [1.165, 1.54) is 4.68 Å². The molecule has 2 aromatic rings. The van der Waals surface area contributed by atoms with Crippen LogP contribution in [0.4, 0.5) is 5.69 Å². The smallest absolute Gasteiger partial charge is 0.274 e. The van der Waals surface area contributed by atoms with Crippen molar-refractivity contribution in [1.82, 2.24) is 9.78 Å². The summed E-state index contributed by atoms with van der Waals surface area (Å²) >= 11 is 6.14. The summed E-state index contributed by atoms with van der Waals surface area (Å²) in [5.41, 5.74) is 1.74. The number of amides is 1. The van der Waals surface area contributed by atoms with Gasteiger partial charge < -0.3 is 14.8 Å². The van der Waals surface area contributed by atoms with Crippen LogP contribution in [0.3, 0.4) is 0 Å². The Balaban J connectivity index is 2.20. The zero-order chi connectivity index (χ0) is 16.1. The quantitative estimate of drug-likeness (QED) is 0.830. The van der Waals surface area contributed by atoms with Gasteiger partial charge in [0.2, 0.25) is 0 Å². The first-order valence-corrected chi connectivity index (χ1v) is 7.13. The molecule has 0 bridgehead atoms. The Kier molecular flexibility index (Phi) is 5.41. The summed E-state index contributed by atoms with van der Waals surface area (Å²) in [4.78, 5) is 12.3. The SMILES string of the molecule is COCCOc1c(Cl)cccc1NC(=O)c1cc(C)nn1C. The Labute approximate surface area is 134 Å². The van der Waals surface area contributed by atoms with Crippen LogP contribution in [0.2, 0.25) is 5.02 Å². The third-order valence-corrected chi connectivity index (χ3v) is 3.28. The number of anilines is 1. The van der Waals surface area contributed by atoms with Crippen LogP contribution < -0.4 is 10.1 Å². The molecule has 2 rings (SSSR count). The first-order chi connectivity index (χ1) is 10.5. The summed E-state index contributed by atoms with van der Waals surface area (Å²) in [7, 11) is 3.30. The molecule has 0 saturated heterocycles. The summed E-state index contributed by atoms with van der Waals surface area (Å²) in [5.74, 6) is 0.149. The van der Waals surface area contributed by atoms with Gasteiger partial charge in [0.05, 0.1) is 23.0 Å². The molecule has 6 nitrogen and oxygen atoms in total. The van der Waals surface area contributed by atoms with Crippen molar-refractivity contribution < 1.29 is 14.3 Å². The van der Waals surface area contributed by atoms with Crippen LogP contribution in [0.5, 0.6) is 5.75 Å². The van der Waals surface area contributed by atoms with Gasteiger partial charge >= 0.3 is 0 Å². The zero-order valence-corrected chi connectivity index (χ0v) is 13.5. The molecule has 0 saturated carbocycles. The van der Waals surface area contributed by atoms with E-state index >= 15 is 0 Å². The molecule has 0 unspecified atom stereocenters. The van der Waals surface area contributed by atoms with Gasteiger partial charge in [-0.15, -0.1) is 0 Å². The van der Waals surface area contributed by atoms with Crippen LogP contribution >= 0.6 is 11.6 Å². The Bertz CT molecular complexity index is 670. The second-order valence-electron chi connectivity index (χ2n) is 4.71. The third kappa shape index (κ3) is 3.78. The molecule has 1 amide bonds. The van der Waals surface area contributed by atoms with E-state index in [-0.39, 0.29) is 5.91 Å². The van der Waals surface area contributed by atoms with E-state index in [9.17, 15) is 4.79 Å². The molecule has 118 valence electrons. The first kappa shape index (κ1) is 16.3. The molecule has 22 heavy (non-hydrogen) atoms. The summed E-state index contributed by atoms with van der Waals surface area (Å²) in [6, 6.07) is 6.89. The number of ether oxygens (including phenoxy) is 2. The van der Waals surface area contributed by atoms with Gasteiger partial charge in [-0.2, -0.15) is 5.10 Å². The zero-order valence-electron chi connectivity index (χ0n) is 12.7. The molecule has 0 aliphatic rings. The summed E-state index contributed by atoms with van der Waals surface area (Å²) < 4.78 is 12.1. The normalized spacial score (nSPS) is 10.5. The minimum absolute atomic E-state index is 0.276. The standard InChI is InChI=1S/C15H18ClN3O3/c1-10-9-13(19(2)18-10)15(20)17-12-6-4-5-11(16)14(12)22-8-7-21-3/h4-6,9H,7-8H2,1-3H3,(H,17,20). The molecule has 0 aliphatic carbocycles. The number of nitrogens with zero attached hydrogens (tertiary/aromatic N) is 2. The van der Waals surface area contributed by atoms with Gasteiger partial charge in [0.15, 0.2) is 5.75 Å². The van der Waals surface area contributed by atoms with Crippen molar-refractivity contribution in [3.63, 3.8) is 0 Å². The topological polar surface area (TPSA) is 65.4 Å². The lowest BCUT2D eigenvalue weighted by Crippen LogP contribution is -2.17. The molecular formula is C15H18ClN3O3. The van der Waals surface area contributed by atoms with Gasteiger partial charge in [0.25, 0.3) is 5.91 Å². The number of methoxy groups -OCH3 is 1. The van der Waals surface area contributed by atoms with E-state index in [1.807, 2.05) is 6.92 Å². The lowest BCUT2D eigenvalue weighted by Gasteiger charge is -2.13. The predicted molar refractivity (Wildman–Crippen MR) is 84.7 cm³/mol. The number of hydrogen-bond acceptors (Lipinski definition) is 4. The van der Waals surface area contributed by atoms with Gasteiger partial charge in [-0.25, -0.2) is 0 Å². The van der Waals surface area contributed by atoms with Crippen molar-refractivity contribution in [1.29, 1.82) is 0 Å². The van der Waals surface area contributed by atoms with Crippen LogP contribution in [-0.2, 0) is 11.8 Å². The predicted octanol–water partition coefficient (Wildman–Crippen LogP) is 2.66. The average Bonchev–Trinajstić information content (AvgIpc) is 2.81. The molecule has 1 heterocycles. The van der Waals surface area contributed by atoms with E-state index in [2.05, 4.69) is 10.4 Å². The molecule has 7 heteroatoms. The molecule has 1 aromatic carbocycles. The number of halogens is 1. The highest BCUT2D eigenvalue weighted by Crippen LogP contribution is 2.33. The van der Waals surface area contributed by atoms with E-state index in [0.717, 1.165) is 5.69 Å². The Morgan fingerprint density at radius 3 is 2.82 bits per heavy atom. The van der Waals surface area contributed by atoms with E-state index in [4.69, 9.17) is 21.1 Å². The van der Waals surface area contributed by atoms with Crippen molar-refractivity contribution in [3.05, 3.63) is 40.7 Å². The lowest BCUT2D eigenvalue weighted by molar-refractivity contribution is 0.101. The number of hydrogen-bond donors (Lipinski definition) is 1. The molecular weight excluding hydrogens is 306 g/mol. The third-order valence-electron chi connectivity index (χ3n) is 2.98. The second-order valence-corrected chi connectivity index (χ2v) is 5.11. The van der Waals surface area contributed by atoms with Gasteiger partial charge in [-0.1, -0.05) is 17.7 Å². The minimum Gasteiger partial charge on any atom is -0.487 e. The Hall–Kier alpha value is -2.05.